The number of carbonyl (C=O) groups excluding carboxylic acids is 1. The number of rotatable bonds is 3. The average Bonchev–Trinajstić information content (AvgIpc) is 3.24. The smallest absolute Gasteiger partial charge is 0.317 e. The number of aromatic nitrogens is 5. The van der Waals surface area contributed by atoms with E-state index in [0.717, 1.165) is 61.6 Å². The number of nitrogens with one attached hydrogen (secondary N) is 1. The van der Waals surface area contributed by atoms with E-state index >= 15 is 0 Å². The van der Waals surface area contributed by atoms with Gasteiger partial charge in [-0.1, -0.05) is 0 Å². The lowest BCUT2D eigenvalue weighted by Crippen LogP contribution is -2.49. The summed E-state index contributed by atoms with van der Waals surface area (Å²) < 4.78 is 7.20. The molecule has 2 fully saturated rings. The molecule has 0 bridgehead atoms. The first-order valence-electron chi connectivity index (χ1n) is 10.5. The van der Waals surface area contributed by atoms with Gasteiger partial charge in [-0.3, -0.25) is 4.98 Å². The second kappa shape index (κ2) is 8.35. The average molecular weight is 407 g/mol. The van der Waals surface area contributed by atoms with Gasteiger partial charge in [0.2, 0.25) is 0 Å². The van der Waals surface area contributed by atoms with Crippen LogP contribution in [0.2, 0.25) is 0 Å². The van der Waals surface area contributed by atoms with E-state index in [1.165, 1.54) is 0 Å². The Morgan fingerprint density at radius 2 is 1.90 bits per heavy atom. The van der Waals surface area contributed by atoms with Gasteiger partial charge in [-0.15, -0.1) is 10.2 Å². The normalized spacial score (nSPS) is 18.6. The van der Waals surface area contributed by atoms with Crippen molar-refractivity contribution in [3.63, 3.8) is 0 Å². The highest BCUT2D eigenvalue weighted by Crippen LogP contribution is 2.27. The van der Waals surface area contributed by atoms with Crippen molar-refractivity contribution < 1.29 is 9.53 Å². The summed E-state index contributed by atoms with van der Waals surface area (Å²) in [4.78, 5) is 18.7. The molecule has 0 spiro atoms. The Bertz CT molecular complexity index is 1010. The number of urea groups is 1. The molecule has 2 aliphatic heterocycles. The van der Waals surface area contributed by atoms with Gasteiger partial charge >= 0.3 is 6.03 Å². The Hall–Kier alpha value is -3.07. The van der Waals surface area contributed by atoms with Gasteiger partial charge in [-0.25, -0.2) is 4.79 Å². The van der Waals surface area contributed by atoms with E-state index in [0.29, 0.717) is 13.1 Å². The molecular formula is C21H25N7O2. The third-order valence-corrected chi connectivity index (χ3v) is 5.94. The van der Waals surface area contributed by atoms with Crippen LogP contribution in [0.15, 0.2) is 36.7 Å². The zero-order valence-electron chi connectivity index (χ0n) is 16.8. The molecule has 0 aliphatic carbocycles. The predicted octanol–water partition coefficient (Wildman–Crippen LogP) is 2.25. The van der Waals surface area contributed by atoms with Gasteiger partial charge in [0, 0.05) is 56.2 Å². The monoisotopic (exact) mass is 407 g/mol. The van der Waals surface area contributed by atoms with E-state index < -0.39 is 0 Å². The van der Waals surface area contributed by atoms with Crippen LogP contribution in [0.25, 0.3) is 16.9 Å². The third kappa shape index (κ3) is 3.85. The van der Waals surface area contributed by atoms with Crippen molar-refractivity contribution in [2.45, 2.75) is 37.6 Å². The molecule has 0 saturated carbocycles. The fourth-order valence-electron chi connectivity index (χ4n) is 4.18. The number of carbonyl (C=O) groups is 1. The van der Waals surface area contributed by atoms with Crippen molar-refractivity contribution in [3.05, 3.63) is 42.5 Å². The van der Waals surface area contributed by atoms with E-state index in [1.807, 2.05) is 33.7 Å². The molecule has 3 aromatic rings. The summed E-state index contributed by atoms with van der Waals surface area (Å²) in [5.74, 6) is 1.09. The molecule has 2 aliphatic rings. The molecule has 0 atom stereocenters. The molecule has 5 heterocycles. The van der Waals surface area contributed by atoms with Gasteiger partial charge in [0.05, 0.1) is 5.69 Å². The number of piperidine rings is 1. The molecule has 3 aromatic heterocycles. The van der Waals surface area contributed by atoms with E-state index in [9.17, 15) is 4.79 Å². The van der Waals surface area contributed by atoms with E-state index in [4.69, 9.17) is 9.84 Å². The van der Waals surface area contributed by atoms with Crippen molar-refractivity contribution in [2.75, 3.05) is 26.3 Å². The van der Waals surface area contributed by atoms with E-state index in [-0.39, 0.29) is 18.0 Å². The lowest BCUT2D eigenvalue weighted by molar-refractivity contribution is 0.0774. The van der Waals surface area contributed by atoms with Crippen LogP contribution in [0.5, 0.6) is 0 Å². The summed E-state index contributed by atoms with van der Waals surface area (Å²) in [6, 6.07) is 8.01. The maximum atomic E-state index is 12.6. The van der Waals surface area contributed by atoms with Gasteiger partial charge in [-0.2, -0.15) is 9.61 Å². The van der Waals surface area contributed by atoms with Crippen molar-refractivity contribution in [2.24, 2.45) is 0 Å². The summed E-state index contributed by atoms with van der Waals surface area (Å²) >= 11 is 0. The quantitative estimate of drug-likeness (QED) is 0.715. The summed E-state index contributed by atoms with van der Waals surface area (Å²) in [5.41, 5.74) is 2.53. The van der Waals surface area contributed by atoms with E-state index in [2.05, 4.69) is 20.5 Å². The minimum Gasteiger partial charge on any atom is -0.381 e. The number of hydrogen-bond donors (Lipinski definition) is 1. The summed E-state index contributed by atoms with van der Waals surface area (Å²) in [5, 5.41) is 16.6. The maximum Gasteiger partial charge on any atom is 0.317 e. The number of fused-ring (bicyclic) bond motifs is 1. The number of likely N-dealkylation sites (tertiary alicyclic amines) is 1. The van der Waals surface area contributed by atoms with Crippen LogP contribution in [-0.2, 0) is 4.74 Å². The van der Waals surface area contributed by atoms with E-state index in [1.54, 1.807) is 12.4 Å². The highest BCUT2D eigenvalue weighted by atomic mass is 16.5. The summed E-state index contributed by atoms with van der Waals surface area (Å²) in [6.07, 6.45) is 7.02. The number of amides is 2. The minimum absolute atomic E-state index is 0.0310. The molecule has 156 valence electrons. The molecule has 30 heavy (non-hydrogen) atoms. The van der Waals surface area contributed by atoms with Gasteiger partial charge < -0.3 is 15.0 Å². The van der Waals surface area contributed by atoms with Crippen molar-refractivity contribution in [1.82, 2.24) is 35.0 Å². The van der Waals surface area contributed by atoms with Crippen LogP contribution >= 0.6 is 0 Å². The van der Waals surface area contributed by atoms with Gasteiger partial charge in [0.1, 0.15) is 0 Å². The van der Waals surface area contributed by atoms with Crippen LogP contribution in [0.3, 0.4) is 0 Å². The van der Waals surface area contributed by atoms with Crippen LogP contribution < -0.4 is 5.32 Å². The zero-order valence-corrected chi connectivity index (χ0v) is 16.8. The Morgan fingerprint density at radius 1 is 1.07 bits per heavy atom. The van der Waals surface area contributed by atoms with Gasteiger partial charge in [-0.05, 0) is 49.9 Å². The predicted molar refractivity (Wildman–Crippen MR) is 110 cm³/mol. The van der Waals surface area contributed by atoms with Crippen molar-refractivity contribution in [3.8, 4) is 11.3 Å². The Balaban J connectivity index is 1.27. The molecule has 5 rings (SSSR count). The standard InChI is InChI=1S/C21H25N7O2/c29-21(23-17-7-12-30-13-8-17)27-10-5-15(6-11-27)20-25-24-19-4-3-18(26-28(19)20)16-2-1-9-22-14-16/h1-4,9,14-15,17H,5-8,10-13H2,(H,23,29). The minimum atomic E-state index is 0.0310. The first kappa shape index (κ1) is 18.9. The fourth-order valence-corrected chi connectivity index (χ4v) is 4.18. The Morgan fingerprint density at radius 3 is 2.67 bits per heavy atom. The lowest BCUT2D eigenvalue weighted by atomic mass is 9.96. The van der Waals surface area contributed by atoms with Gasteiger partial charge in [0.25, 0.3) is 0 Å². The highest BCUT2D eigenvalue weighted by Gasteiger charge is 2.28. The van der Waals surface area contributed by atoms with Crippen molar-refractivity contribution >= 4 is 11.7 Å². The highest BCUT2D eigenvalue weighted by molar-refractivity contribution is 5.74. The molecule has 0 radical (unpaired) electrons. The number of pyridine rings is 1. The molecule has 1 N–H and O–H groups in total. The molecule has 9 nitrogen and oxygen atoms in total. The Labute approximate surface area is 174 Å². The SMILES string of the molecule is O=C(NC1CCOCC1)N1CCC(c2nnc3ccc(-c4cccnc4)nn23)CC1. The molecule has 0 aromatic carbocycles. The molecule has 2 saturated heterocycles. The molecule has 2 amide bonds. The molecule has 9 heteroatoms. The number of hydrogen-bond acceptors (Lipinski definition) is 6. The number of nitrogens with zero attached hydrogens (tertiary/aromatic N) is 6. The topological polar surface area (TPSA) is 97.5 Å². The fraction of sp³-hybridized carbons (Fsp3) is 0.476. The zero-order chi connectivity index (χ0) is 20.3. The maximum absolute atomic E-state index is 12.6. The number of ether oxygens (including phenoxy) is 1. The molecular weight excluding hydrogens is 382 g/mol. The second-order valence-corrected chi connectivity index (χ2v) is 7.89. The first-order valence-corrected chi connectivity index (χ1v) is 10.5. The summed E-state index contributed by atoms with van der Waals surface area (Å²) in [6.45, 7) is 2.86. The van der Waals surface area contributed by atoms with Crippen LogP contribution in [0.4, 0.5) is 4.79 Å². The van der Waals surface area contributed by atoms with Gasteiger partial charge in [0.15, 0.2) is 11.5 Å². The first-order chi connectivity index (χ1) is 14.8. The third-order valence-electron chi connectivity index (χ3n) is 5.94. The van der Waals surface area contributed by atoms with Crippen LogP contribution in [0.1, 0.15) is 37.4 Å². The van der Waals surface area contributed by atoms with Crippen LogP contribution in [0, 0.1) is 0 Å². The Kier molecular flexibility index (Phi) is 5.27. The van der Waals surface area contributed by atoms with Crippen LogP contribution in [-0.4, -0.2) is 68.1 Å². The second-order valence-electron chi connectivity index (χ2n) is 7.89. The largest absolute Gasteiger partial charge is 0.381 e. The molecule has 0 unspecified atom stereocenters. The lowest BCUT2D eigenvalue weighted by Gasteiger charge is -2.33. The summed E-state index contributed by atoms with van der Waals surface area (Å²) in [7, 11) is 0. The van der Waals surface area contributed by atoms with Crippen molar-refractivity contribution in [1.29, 1.82) is 0 Å².